The summed E-state index contributed by atoms with van der Waals surface area (Å²) in [5.41, 5.74) is 7.38. The number of carbonyl (C=O) groups excluding carboxylic acids is 1. The van der Waals surface area contributed by atoms with Gasteiger partial charge in [0.1, 0.15) is 0 Å². The highest BCUT2D eigenvalue weighted by atomic mass is 32.1. The molecule has 21 heavy (non-hydrogen) atoms. The smallest absolute Gasteiger partial charge is 0.268 e. The van der Waals surface area contributed by atoms with Crippen LogP contribution < -0.4 is 10.6 Å². The molecule has 1 aromatic heterocycles. The summed E-state index contributed by atoms with van der Waals surface area (Å²) >= 11 is 1.52. The highest BCUT2D eigenvalue weighted by Crippen LogP contribution is 2.29. The van der Waals surface area contributed by atoms with E-state index in [-0.39, 0.29) is 5.91 Å². The van der Waals surface area contributed by atoms with Gasteiger partial charge in [-0.1, -0.05) is 30.3 Å². The van der Waals surface area contributed by atoms with Gasteiger partial charge in [-0.2, -0.15) is 0 Å². The van der Waals surface area contributed by atoms with Gasteiger partial charge in [0.05, 0.1) is 16.3 Å². The van der Waals surface area contributed by atoms with Crippen LogP contribution in [0.25, 0.3) is 10.1 Å². The van der Waals surface area contributed by atoms with Crippen LogP contribution in [0.15, 0.2) is 54.6 Å². The fourth-order valence-electron chi connectivity index (χ4n) is 2.38. The number of para-hydroxylation sites is 2. The molecule has 1 heterocycles. The van der Waals surface area contributed by atoms with Crippen molar-refractivity contribution in [2.75, 3.05) is 17.2 Å². The molecule has 0 saturated heterocycles. The Morgan fingerprint density at radius 2 is 1.86 bits per heavy atom. The summed E-state index contributed by atoms with van der Waals surface area (Å²) in [5.74, 6) is -0.00315. The van der Waals surface area contributed by atoms with Crippen LogP contribution in [0.2, 0.25) is 0 Å². The zero-order valence-corrected chi connectivity index (χ0v) is 12.6. The Hall–Kier alpha value is -2.33. The third-order valence-corrected chi connectivity index (χ3v) is 4.53. The lowest BCUT2D eigenvalue weighted by Gasteiger charge is -2.21. The largest absolute Gasteiger partial charge is 0.397 e. The molecule has 1 amide bonds. The highest BCUT2D eigenvalue weighted by Gasteiger charge is 2.19. The van der Waals surface area contributed by atoms with E-state index in [1.165, 1.54) is 11.3 Å². The first-order valence-corrected chi connectivity index (χ1v) is 7.67. The molecule has 4 heteroatoms. The summed E-state index contributed by atoms with van der Waals surface area (Å²) < 4.78 is 1.12. The molecule has 0 radical (unpaired) electrons. The molecule has 0 unspecified atom stereocenters. The summed E-state index contributed by atoms with van der Waals surface area (Å²) in [4.78, 5) is 15.2. The van der Waals surface area contributed by atoms with Gasteiger partial charge in [-0.25, -0.2) is 0 Å². The standard InChI is InChI=1S/C17H16N2OS/c1-2-19(14-9-5-4-8-13(14)18)17(20)16-11-12-7-3-6-10-15(12)21-16/h3-11H,2,18H2,1H3. The van der Waals surface area contributed by atoms with Crippen LogP contribution >= 0.6 is 11.3 Å². The minimum Gasteiger partial charge on any atom is -0.397 e. The maximum atomic E-state index is 12.8. The van der Waals surface area contributed by atoms with Gasteiger partial charge in [-0.3, -0.25) is 4.79 Å². The molecule has 0 fully saturated rings. The van der Waals surface area contributed by atoms with E-state index < -0.39 is 0 Å². The topological polar surface area (TPSA) is 46.3 Å². The van der Waals surface area contributed by atoms with E-state index in [1.54, 1.807) is 4.90 Å². The van der Waals surface area contributed by atoms with Crippen molar-refractivity contribution in [2.45, 2.75) is 6.92 Å². The van der Waals surface area contributed by atoms with Crippen LogP contribution in [0.3, 0.4) is 0 Å². The third kappa shape index (κ3) is 2.50. The molecule has 106 valence electrons. The Morgan fingerprint density at radius 3 is 2.57 bits per heavy atom. The molecular weight excluding hydrogens is 280 g/mol. The Morgan fingerprint density at radius 1 is 1.14 bits per heavy atom. The van der Waals surface area contributed by atoms with Crippen molar-refractivity contribution >= 4 is 38.7 Å². The summed E-state index contributed by atoms with van der Waals surface area (Å²) in [6.07, 6.45) is 0. The number of anilines is 2. The molecular formula is C17H16N2OS. The molecule has 0 spiro atoms. The molecule has 0 aliphatic heterocycles. The lowest BCUT2D eigenvalue weighted by atomic mass is 10.2. The van der Waals surface area contributed by atoms with Gasteiger partial charge in [0, 0.05) is 11.2 Å². The predicted molar refractivity (Wildman–Crippen MR) is 90.0 cm³/mol. The molecule has 0 atom stereocenters. The number of amides is 1. The van der Waals surface area contributed by atoms with Gasteiger partial charge < -0.3 is 10.6 Å². The number of nitrogens with zero attached hydrogens (tertiary/aromatic N) is 1. The number of rotatable bonds is 3. The van der Waals surface area contributed by atoms with Crippen molar-refractivity contribution < 1.29 is 4.79 Å². The predicted octanol–water partition coefficient (Wildman–Crippen LogP) is 4.15. The van der Waals surface area contributed by atoms with Crippen molar-refractivity contribution in [1.29, 1.82) is 0 Å². The molecule has 3 aromatic rings. The summed E-state index contributed by atoms with van der Waals surface area (Å²) in [6, 6.07) is 17.4. The van der Waals surface area contributed by atoms with Crippen molar-refractivity contribution in [1.82, 2.24) is 0 Å². The molecule has 0 aliphatic rings. The van der Waals surface area contributed by atoms with E-state index in [0.29, 0.717) is 12.2 Å². The number of hydrogen-bond donors (Lipinski definition) is 1. The quantitative estimate of drug-likeness (QED) is 0.738. The maximum Gasteiger partial charge on any atom is 0.268 e. The number of nitrogen functional groups attached to an aromatic ring is 1. The molecule has 2 N–H and O–H groups in total. The number of thiophene rings is 1. The lowest BCUT2D eigenvalue weighted by Crippen LogP contribution is -2.30. The van der Waals surface area contributed by atoms with Crippen molar-refractivity contribution in [3.05, 3.63) is 59.5 Å². The number of carbonyl (C=O) groups is 1. The molecule has 2 aromatic carbocycles. The van der Waals surface area contributed by atoms with Crippen molar-refractivity contribution in [3.8, 4) is 0 Å². The molecule has 3 rings (SSSR count). The second-order valence-electron chi connectivity index (χ2n) is 4.76. The van der Waals surface area contributed by atoms with Crippen LogP contribution in [-0.2, 0) is 0 Å². The maximum absolute atomic E-state index is 12.8. The third-order valence-electron chi connectivity index (χ3n) is 3.43. The average Bonchev–Trinajstić information content (AvgIpc) is 2.93. The first-order chi connectivity index (χ1) is 10.2. The van der Waals surface area contributed by atoms with Gasteiger partial charge in [0.15, 0.2) is 0 Å². The van der Waals surface area contributed by atoms with Crippen LogP contribution in [0.1, 0.15) is 16.6 Å². The first kappa shape index (κ1) is 13.6. The van der Waals surface area contributed by atoms with Gasteiger partial charge in [0.2, 0.25) is 0 Å². The van der Waals surface area contributed by atoms with Gasteiger partial charge in [0.25, 0.3) is 5.91 Å². The Bertz CT molecular complexity index is 761. The van der Waals surface area contributed by atoms with E-state index in [2.05, 4.69) is 0 Å². The molecule has 0 saturated carbocycles. The van der Waals surface area contributed by atoms with Crippen molar-refractivity contribution in [3.63, 3.8) is 0 Å². The number of hydrogen-bond acceptors (Lipinski definition) is 3. The van der Waals surface area contributed by atoms with Gasteiger partial charge in [-0.05, 0) is 36.6 Å². The van der Waals surface area contributed by atoms with E-state index in [0.717, 1.165) is 20.7 Å². The normalized spacial score (nSPS) is 10.7. The summed E-state index contributed by atoms with van der Waals surface area (Å²) in [6.45, 7) is 2.54. The monoisotopic (exact) mass is 296 g/mol. The molecule has 0 bridgehead atoms. The highest BCUT2D eigenvalue weighted by molar-refractivity contribution is 7.20. The Kier molecular flexibility index (Phi) is 3.62. The van der Waals surface area contributed by atoms with Crippen LogP contribution in [0.5, 0.6) is 0 Å². The Balaban J connectivity index is 2.01. The second kappa shape index (κ2) is 5.58. The van der Waals surface area contributed by atoms with E-state index >= 15 is 0 Å². The SMILES string of the molecule is CCN(C(=O)c1cc2ccccc2s1)c1ccccc1N. The molecule has 3 nitrogen and oxygen atoms in total. The van der Waals surface area contributed by atoms with E-state index in [9.17, 15) is 4.79 Å². The van der Waals surface area contributed by atoms with E-state index in [4.69, 9.17) is 5.73 Å². The molecule has 0 aliphatic carbocycles. The van der Waals surface area contributed by atoms with Gasteiger partial charge >= 0.3 is 0 Å². The number of fused-ring (bicyclic) bond motifs is 1. The van der Waals surface area contributed by atoms with E-state index in [1.807, 2.05) is 61.5 Å². The Labute approximate surface area is 127 Å². The first-order valence-electron chi connectivity index (χ1n) is 6.85. The fourth-order valence-corrected chi connectivity index (χ4v) is 3.39. The second-order valence-corrected chi connectivity index (χ2v) is 5.84. The zero-order chi connectivity index (χ0) is 14.8. The minimum absolute atomic E-state index is 0.00315. The lowest BCUT2D eigenvalue weighted by molar-refractivity contribution is 0.0992. The van der Waals surface area contributed by atoms with Crippen LogP contribution in [-0.4, -0.2) is 12.5 Å². The van der Waals surface area contributed by atoms with Crippen molar-refractivity contribution in [2.24, 2.45) is 0 Å². The number of benzene rings is 2. The fraction of sp³-hybridized carbons (Fsp3) is 0.118. The number of nitrogens with two attached hydrogens (primary N) is 1. The van der Waals surface area contributed by atoms with Gasteiger partial charge in [-0.15, -0.1) is 11.3 Å². The van der Waals surface area contributed by atoms with Crippen LogP contribution in [0.4, 0.5) is 11.4 Å². The summed E-state index contributed by atoms with van der Waals surface area (Å²) in [7, 11) is 0. The summed E-state index contributed by atoms with van der Waals surface area (Å²) in [5, 5.41) is 1.10. The average molecular weight is 296 g/mol. The minimum atomic E-state index is -0.00315. The van der Waals surface area contributed by atoms with Crippen LogP contribution in [0, 0.1) is 0 Å². The zero-order valence-electron chi connectivity index (χ0n) is 11.7.